The smallest absolute Gasteiger partial charge is 0.239 e. The number of amides is 2. The minimum Gasteiger partial charge on any atom is -0.490 e. The number of hydrogen-bond donors (Lipinski definition) is 4. The van der Waals surface area contributed by atoms with Gasteiger partial charge in [-0.1, -0.05) is 77.3 Å². The summed E-state index contributed by atoms with van der Waals surface area (Å²) in [6, 6.07) is 6.69. The van der Waals surface area contributed by atoms with Crippen molar-refractivity contribution in [2.24, 2.45) is 22.9 Å². The van der Waals surface area contributed by atoms with Gasteiger partial charge in [0.15, 0.2) is 11.5 Å². The predicted molar refractivity (Wildman–Crippen MR) is 190 cm³/mol. The van der Waals surface area contributed by atoms with Gasteiger partial charge in [-0.2, -0.15) is 0 Å². The van der Waals surface area contributed by atoms with Crippen LogP contribution in [0, 0.1) is 0 Å². The molecule has 0 saturated heterocycles. The summed E-state index contributed by atoms with van der Waals surface area (Å²) in [6.45, 7) is 9.18. The molecule has 46 heavy (non-hydrogen) atoms. The van der Waals surface area contributed by atoms with E-state index >= 15 is 0 Å². The van der Waals surface area contributed by atoms with Gasteiger partial charge in [-0.15, -0.1) is 0 Å². The molecule has 0 heterocycles. The highest BCUT2D eigenvalue weighted by atomic mass is 16.5. The Kier molecular flexibility index (Phi) is 25.1. The van der Waals surface area contributed by atoms with Crippen LogP contribution in [-0.4, -0.2) is 86.2 Å². The van der Waals surface area contributed by atoms with E-state index in [-0.39, 0.29) is 11.8 Å². The van der Waals surface area contributed by atoms with Gasteiger partial charge in [0.05, 0.1) is 25.3 Å². The van der Waals surface area contributed by atoms with Crippen LogP contribution in [0.4, 0.5) is 0 Å². The van der Waals surface area contributed by atoms with Crippen LogP contribution in [0.3, 0.4) is 0 Å². The van der Waals surface area contributed by atoms with Crippen LogP contribution in [0.25, 0.3) is 0 Å². The molecule has 0 fully saturated rings. The molecule has 266 valence electrons. The third-order valence-corrected chi connectivity index (χ3v) is 8.27. The number of carbonyl (C=O) groups is 2. The Labute approximate surface area is 280 Å². The first kappa shape index (κ1) is 41.6. The number of carbonyl (C=O) groups excluding carboxylic acids is 2. The zero-order chi connectivity index (χ0) is 33.8. The molecule has 8 N–H and O–H groups in total. The number of hydrogen-bond acceptors (Lipinski definition) is 8. The molecule has 10 nitrogen and oxygen atoms in total. The standard InChI is InChI=1S/C36H68N6O4/c1-3-5-7-15-25-41(35(43)31(39)19-11-13-23-37)27-17-29-45-33-21-9-10-22-34(33)46-30-18-28-42(26-16-8-6-4-2)36(44)32(40)20-12-14-24-38/h9-10,21-22,31-32H,3-8,11-20,23-30,37-40H2,1-2H3/t31-,32-/m0/s1. The van der Waals surface area contributed by atoms with Gasteiger partial charge in [-0.25, -0.2) is 0 Å². The second-order valence-electron chi connectivity index (χ2n) is 12.4. The molecule has 0 aromatic heterocycles. The maximum absolute atomic E-state index is 13.1. The van der Waals surface area contributed by atoms with Crippen molar-refractivity contribution >= 4 is 11.8 Å². The van der Waals surface area contributed by atoms with Gasteiger partial charge in [-0.05, 0) is 76.6 Å². The molecule has 0 radical (unpaired) electrons. The van der Waals surface area contributed by atoms with Crippen LogP contribution >= 0.6 is 0 Å². The van der Waals surface area contributed by atoms with Crippen LogP contribution in [-0.2, 0) is 9.59 Å². The molecular weight excluding hydrogens is 580 g/mol. The van der Waals surface area contributed by atoms with E-state index in [4.69, 9.17) is 32.4 Å². The quantitative estimate of drug-likeness (QED) is 0.0851. The minimum absolute atomic E-state index is 0.0201. The molecule has 0 saturated carbocycles. The van der Waals surface area contributed by atoms with E-state index in [9.17, 15) is 9.59 Å². The second-order valence-corrected chi connectivity index (χ2v) is 12.4. The van der Waals surface area contributed by atoms with Crippen LogP contribution < -0.4 is 32.4 Å². The molecule has 0 unspecified atom stereocenters. The highest BCUT2D eigenvalue weighted by Crippen LogP contribution is 2.26. The Morgan fingerprint density at radius 1 is 0.587 bits per heavy atom. The summed E-state index contributed by atoms with van der Waals surface area (Å²) < 4.78 is 12.2. The number of ether oxygens (including phenoxy) is 2. The topological polar surface area (TPSA) is 163 Å². The van der Waals surface area contributed by atoms with Crippen molar-refractivity contribution in [3.8, 4) is 11.5 Å². The van der Waals surface area contributed by atoms with Crippen molar-refractivity contribution in [3.05, 3.63) is 24.3 Å². The summed E-state index contributed by atoms with van der Waals surface area (Å²) in [7, 11) is 0. The van der Waals surface area contributed by atoms with E-state index < -0.39 is 12.1 Å². The van der Waals surface area contributed by atoms with Crippen LogP contribution in [0.2, 0.25) is 0 Å². The maximum Gasteiger partial charge on any atom is 0.239 e. The molecule has 0 bridgehead atoms. The van der Waals surface area contributed by atoms with Gasteiger partial charge >= 0.3 is 0 Å². The number of rotatable bonds is 30. The molecule has 0 aliphatic rings. The number of nitrogens with zero attached hydrogens (tertiary/aromatic N) is 2. The summed E-state index contributed by atoms with van der Waals surface area (Å²) in [5.41, 5.74) is 23.7. The Balaban J connectivity index is 2.64. The Bertz CT molecular complexity index is 834. The van der Waals surface area contributed by atoms with Gasteiger partial charge < -0.3 is 42.2 Å². The number of nitrogens with two attached hydrogens (primary N) is 4. The molecule has 0 aliphatic heterocycles. The summed E-state index contributed by atoms with van der Waals surface area (Å²) in [5.74, 6) is 1.39. The lowest BCUT2D eigenvalue weighted by Gasteiger charge is -2.26. The monoisotopic (exact) mass is 649 g/mol. The average Bonchev–Trinajstić information content (AvgIpc) is 3.06. The molecule has 0 aliphatic carbocycles. The van der Waals surface area contributed by atoms with Gasteiger partial charge in [0.2, 0.25) is 11.8 Å². The molecule has 10 heteroatoms. The number of benzene rings is 1. The minimum atomic E-state index is -0.484. The van der Waals surface area contributed by atoms with Crippen LogP contribution in [0.15, 0.2) is 24.3 Å². The second kappa shape index (κ2) is 27.7. The molecule has 1 aromatic rings. The lowest BCUT2D eigenvalue weighted by atomic mass is 10.1. The van der Waals surface area contributed by atoms with Crippen molar-refractivity contribution in [2.45, 2.75) is 129 Å². The van der Waals surface area contributed by atoms with Crippen molar-refractivity contribution in [1.82, 2.24) is 9.80 Å². The fourth-order valence-electron chi connectivity index (χ4n) is 5.42. The van der Waals surface area contributed by atoms with Gasteiger partial charge in [-0.3, -0.25) is 9.59 Å². The van der Waals surface area contributed by atoms with Crippen LogP contribution in [0.1, 0.15) is 117 Å². The maximum atomic E-state index is 13.1. The Hall–Kier alpha value is -2.40. The SMILES string of the molecule is CCCCCCN(CCCOc1ccccc1OCCCN(CCCCCC)C(=O)[C@@H](N)CCCCN)C(=O)[C@@H](N)CCCCN. The van der Waals surface area contributed by atoms with Gasteiger partial charge in [0.1, 0.15) is 0 Å². The van der Waals surface area contributed by atoms with Crippen molar-refractivity contribution in [2.75, 3.05) is 52.5 Å². The van der Waals surface area contributed by atoms with Crippen molar-refractivity contribution < 1.29 is 19.1 Å². The van der Waals surface area contributed by atoms with Gasteiger partial charge in [0.25, 0.3) is 0 Å². The predicted octanol–water partition coefficient (Wildman–Crippen LogP) is 4.95. The Morgan fingerprint density at radius 3 is 1.35 bits per heavy atom. The summed E-state index contributed by atoms with van der Waals surface area (Å²) >= 11 is 0. The zero-order valence-corrected chi connectivity index (χ0v) is 29.3. The van der Waals surface area contributed by atoms with Crippen molar-refractivity contribution in [1.29, 1.82) is 0 Å². The van der Waals surface area contributed by atoms with E-state index in [1.54, 1.807) is 0 Å². The van der Waals surface area contributed by atoms with Gasteiger partial charge in [0, 0.05) is 26.2 Å². The lowest BCUT2D eigenvalue weighted by Crippen LogP contribution is -2.45. The Morgan fingerprint density at radius 2 is 0.978 bits per heavy atom. The highest BCUT2D eigenvalue weighted by molar-refractivity contribution is 5.82. The average molecular weight is 649 g/mol. The van der Waals surface area contributed by atoms with E-state index in [0.29, 0.717) is 76.6 Å². The number of unbranched alkanes of at least 4 members (excludes halogenated alkanes) is 8. The summed E-state index contributed by atoms with van der Waals surface area (Å²) in [5, 5.41) is 0. The molecule has 1 rings (SSSR count). The lowest BCUT2D eigenvalue weighted by molar-refractivity contribution is -0.133. The van der Waals surface area contributed by atoms with E-state index in [2.05, 4.69) is 13.8 Å². The van der Waals surface area contributed by atoms with Crippen LogP contribution in [0.5, 0.6) is 11.5 Å². The van der Waals surface area contributed by atoms with E-state index in [1.807, 2.05) is 34.1 Å². The van der Waals surface area contributed by atoms with E-state index in [0.717, 1.165) is 77.3 Å². The summed E-state index contributed by atoms with van der Waals surface area (Å²) in [4.78, 5) is 30.0. The molecule has 2 amide bonds. The third kappa shape index (κ3) is 18.7. The van der Waals surface area contributed by atoms with Crippen molar-refractivity contribution in [3.63, 3.8) is 0 Å². The molecule has 2 atom stereocenters. The first-order valence-electron chi connectivity index (χ1n) is 18.2. The third-order valence-electron chi connectivity index (χ3n) is 8.27. The summed E-state index contributed by atoms with van der Waals surface area (Å²) in [6.07, 6.45) is 15.0. The number of para-hydroxylation sites is 2. The first-order valence-corrected chi connectivity index (χ1v) is 18.2. The fraction of sp³-hybridized carbons (Fsp3) is 0.778. The normalized spacial score (nSPS) is 12.5. The molecule has 1 aromatic carbocycles. The molecular formula is C36H68N6O4. The highest BCUT2D eigenvalue weighted by Gasteiger charge is 2.21. The fourth-order valence-corrected chi connectivity index (χ4v) is 5.42. The largest absolute Gasteiger partial charge is 0.490 e. The molecule has 0 spiro atoms. The first-order chi connectivity index (χ1) is 22.4. The zero-order valence-electron chi connectivity index (χ0n) is 29.3. The van der Waals surface area contributed by atoms with E-state index in [1.165, 1.54) is 12.8 Å².